The highest BCUT2D eigenvalue weighted by Gasteiger charge is 2.13. The highest BCUT2D eigenvalue weighted by Crippen LogP contribution is 2.22. The lowest BCUT2D eigenvalue weighted by atomic mass is 10.2. The second-order valence-corrected chi connectivity index (χ2v) is 7.00. The van der Waals surface area contributed by atoms with E-state index in [1.807, 2.05) is 0 Å². The molecule has 0 N–H and O–H groups in total. The molecule has 1 nitrogen and oxygen atoms in total. The van der Waals surface area contributed by atoms with Gasteiger partial charge in [-0.25, -0.2) is 0 Å². The van der Waals surface area contributed by atoms with Crippen LogP contribution in [0.3, 0.4) is 0 Å². The standard InChI is InChI=1S/C13H18NSi/c1-4-15(5-2)14-10-11(3)12-8-6-7-9-13(12)14/h6-10H,4-5H2,1-3H3. The molecule has 2 aromatic rings. The lowest BCUT2D eigenvalue weighted by Crippen LogP contribution is -2.20. The number of benzene rings is 1. The van der Waals surface area contributed by atoms with E-state index in [9.17, 15) is 0 Å². The molecule has 1 aromatic heterocycles. The smallest absolute Gasteiger partial charge is 0.174 e. The van der Waals surface area contributed by atoms with Gasteiger partial charge < -0.3 is 4.23 Å². The molecule has 0 amide bonds. The average molecular weight is 216 g/mol. The maximum absolute atomic E-state index is 2.54. The van der Waals surface area contributed by atoms with E-state index in [0.29, 0.717) is 0 Å². The molecule has 0 bridgehead atoms. The Hall–Kier alpha value is -1.02. The summed E-state index contributed by atoms with van der Waals surface area (Å²) in [5, 5.41) is 1.42. The topological polar surface area (TPSA) is 4.93 Å². The van der Waals surface area contributed by atoms with E-state index < -0.39 is 0 Å². The number of aryl methyl sites for hydroxylation is 1. The molecule has 0 saturated carbocycles. The average Bonchev–Trinajstić information content (AvgIpc) is 2.60. The molecule has 1 aromatic carbocycles. The van der Waals surface area contributed by atoms with Crippen molar-refractivity contribution in [2.45, 2.75) is 32.9 Å². The van der Waals surface area contributed by atoms with Crippen LogP contribution in [0.1, 0.15) is 19.4 Å². The molecule has 0 atom stereocenters. The van der Waals surface area contributed by atoms with Gasteiger partial charge in [-0.1, -0.05) is 32.0 Å². The van der Waals surface area contributed by atoms with E-state index in [1.165, 1.54) is 28.6 Å². The predicted octanol–water partition coefficient (Wildman–Crippen LogP) is 3.83. The molecule has 15 heavy (non-hydrogen) atoms. The predicted molar refractivity (Wildman–Crippen MR) is 68.8 cm³/mol. The number of para-hydroxylation sites is 1. The Balaban J connectivity index is 2.61. The summed E-state index contributed by atoms with van der Waals surface area (Å²) in [7, 11) is -0.388. The van der Waals surface area contributed by atoms with E-state index in [0.717, 1.165) is 0 Å². The molecular formula is C13H18NSi. The first kappa shape index (κ1) is 10.5. The van der Waals surface area contributed by atoms with Crippen molar-refractivity contribution in [3.8, 4) is 0 Å². The number of rotatable bonds is 3. The van der Waals surface area contributed by atoms with E-state index in [-0.39, 0.29) is 8.96 Å². The Labute approximate surface area is 93.4 Å². The number of hydrogen-bond donors (Lipinski definition) is 0. The minimum Gasteiger partial charge on any atom is -0.374 e. The van der Waals surface area contributed by atoms with Crippen molar-refractivity contribution in [1.82, 2.24) is 4.23 Å². The molecule has 0 spiro atoms. The fourth-order valence-corrected chi connectivity index (χ4v) is 4.30. The van der Waals surface area contributed by atoms with Gasteiger partial charge in [0.25, 0.3) is 0 Å². The molecule has 2 rings (SSSR count). The van der Waals surface area contributed by atoms with Crippen LogP contribution in [0.2, 0.25) is 12.1 Å². The van der Waals surface area contributed by atoms with Gasteiger partial charge in [0.1, 0.15) is 0 Å². The van der Waals surface area contributed by atoms with Crippen LogP contribution in [0.25, 0.3) is 10.9 Å². The molecular weight excluding hydrogens is 198 g/mol. The third-order valence-electron chi connectivity index (χ3n) is 3.07. The lowest BCUT2D eigenvalue weighted by Gasteiger charge is -2.13. The largest absolute Gasteiger partial charge is 0.374 e. The zero-order valence-corrected chi connectivity index (χ0v) is 10.7. The third-order valence-corrected chi connectivity index (χ3v) is 5.75. The summed E-state index contributed by atoms with van der Waals surface area (Å²) in [6, 6.07) is 11.4. The zero-order valence-electron chi connectivity index (χ0n) is 9.75. The van der Waals surface area contributed by atoms with Crippen LogP contribution < -0.4 is 0 Å². The van der Waals surface area contributed by atoms with Gasteiger partial charge in [0.15, 0.2) is 8.96 Å². The summed E-state index contributed by atoms with van der Waals surface area (Å²) in [5.74, 6) is 0. The Morgan fingerprint density at radius 3 is 2.47 bits per heavy atom. The summed E-state index contributed by atoms with van der Waals surface area (Å²) in [6.45, 7) is 6.83. The van der Waals surface area contributed by atoms with Gasteiger partial charge in [-0.05, 0) is 36.8 Å². The number of fused-ring (bicyclic) bond motifs is 1. The van der Waals surface area contributed by atoms with Crippen molar-refractivity contribution in [3.63, 3.8) is 0 Å². The first-order valence-corrected chi connectivity index (χ1v) is 7.55. The van der Waals surface area contributed by atoms with Crippen molar-refractivity contribution in [1.29, 1.82) is 0 Å². The van der Waals surface area contributed by atoms with Gasteiger partial charge in [-0.2, -0.15) is 0 Å². The maximum atomic E-state index is 2.54. The van der Waals surface area contributed by atoms with E-state index >= 15 is 0 Å². The maximum Gasteiger partial charge on any atom is 0.174 e. The van der Waals surface area contributed by atoms with Crippen molar-refractivity contribution in [3.05, 3.63) is 36.0 Å². The molecule has 0 fully saturated rings. The summed E-state index contributed by atoms with van der Waals surface area (Å²) < 4.78 is 2.54. The molecule has 1 heterocycles. The van der Waals surface area contributed by atoms with Crippen molar-refractivity contribution in [2.24, 2.45) is 0 Å². The third kappa shape index (κ3) is 1.74. The van der Waals surface area contributed by atoms with Gasteiger partial charge in [0.2, 0.25) is 0 Å². The van der Waals surface area contributed by atoms with Crippen LogP contribution in [0, 0.1) is 6.92 Å². The van der Waals surface area contributed by atoms with Crippen LogP contribution in [0.5, 0.6) is 0 Å². The zero-order chi connectivity index (χ0) is 10.8. The highest BCUT2D eigenvalue weighted by molar-refractivity contribution is 6.58. The van der Waals surface area contributed by atoms with Gasteiger partial charge in [-0.3, -0.25) is 0 Å². The minimum absolute atomic E-state index is 0.388. The lowest BCUT2D eigenvalue weighted by molar-refractivity contribution is 1.14. The SMILES string of the molecule is CC[Si](CC)n1cc(C)c2ccccc21. The molecule has 0 unspecified atom stereocenters. The molecule has 0 aliphatic carbocycles. The number of hydrogen-bond acceptors (Lipinski definition) is 0. The molecule has 0 aliphatic heterocycles. The Morgan fingerprint density at radius 1 is 1.13 bits per heavy atom. The fraction of sp³-hybridized carbons (Fsp3) is 0.385. The summed E-state index contributed by atoms with van der Waals surface area (Å²) in [4.78, 5) is 0. The second kappa shape index (κ2) is 4.23. The summed E-state index contributed by atoms with van der Waals surface area (Å²) in [5.41, 5.74) is 2.84. The van der Waals surface area contributed by atoms with Gasteiger partial charge in [0, 0.05) is 10.9 Å². The van der Waals surface area contributed by atoms with Crippen molar-refractivity contribution < 1.29 is 0 Å². The van der Waals surface area contributed by atoms with Crippen LogP contribution in [0.4, 0.5) is 0 Å². The minimum atomic E-state index is -0.388. The van der Waals surface area contributed by atoms with Crippen LogP contribution in [-0.2, 0) is 0 Å². The Bertz CT molecular complexity index is 455. The first-order chi connectivity index (χ1) is 7.27. The quantitative estimate of drug-likeness (QED) is 0.687. The van der Waals surface area contributed by atoms with E-state index in [2.05, 4.69) is 55.5 Å². The van der Waals surface area contributed by atoms with Gasteiger partial charge in [0.05, 0.1) is 0 Å². The second-order valence-electron chi connectivity index (χ2n) is 3.97. The molecule has 1 radical (unpaired) electrons. The van der Waals surface area contributed by atoms with Crippen LogP contribution >= 0.6 is 0 Å². The monoisotopic (exact) mass is 216 g/mol. The van der Waals surface area contributed by atoms with Gasteiger partial charge in [-0.15, -0.1) is 0 Å². The summed E-state index contributed by atoms with van der Waals surface area (Å²) >= 11 is 0. The molecule has 0 aliphatic rings. The van der Waals surface area contributed by atoms with E-state index in [1.54, 1.807) is 0 Å². The first-order valence-electron chi connectivity index (χ1n) is 5.69. The van der Waals surface area contributed by atoms with Crippen molar-refractivity contribution >= 4 is 19.9 Å². The molecule has 79 valence electrons. The molecule has 0 saturated heterocycles. The Morgan fingerprint density at radius 2 is 1.80 bits per heavy atom. The fourth-order valence-electron chi connectivity index (χ4n) is 2.20. The Kier molecular flexibility index (Phi) is 2.96. The summed E-state index contributed by atoms with van der Waals surface area (Å²) in [6.07, 6.45) is 2.34. The molecule has 2 heteroatoms. The number of nitrogens with zero attached hydrogens (tertiary/aromatic N) is 1. The highest BCUT2D eigenvalue weighted by atomic mass is 28.3. The number of aromatic nitrogens is 1. The van der Waals surface area contributed by atoms with Gasteiger partial charge >= 0.3 is 0 Å². The van der Waals surface area contributed by atoms with Crippen LogP contribution in [-0.4, -0.2) is 13.2 Å². The normalized spacial score (nSPS) is 11.5. The van der Waals surface area contributed by atoms with E-state index in [4.69, 9.17) is 0 Å². The van der Waals surface area contributed by atoms with Crippen LogP contribution in [0.15, 0.2) is 30.5 Å². The van der Waals surface area contributed by atoms with Crippen molar-refractivity contribution in [2.75, 3.05) is 0 Å².